The maximum absolute atomic E-state index is 11.9. The first-order chi connectivity index (χ1) is 8.19. The lowest BCUT2D eigenvalue weighted by molar-refractivity contribution is -0.174. The Hall–Kier alpha value is -1.07. The zero-order valence-electron chi connectivity index (χ0n) is 9.28. The normalized spacial score (nSPS) is 20.6. The van der Waals surface area contributed by atoms with Gasteiger partial charge in [0.05, 0.1) is 24.3 Å². The molecule has 0 saturated carbocycles. The van der Waals surface area contributed by atoms with Crippen LogP contribution in [0.1, 0.15) is 0 Å². The van der Waals surface area contributed by atoms with Crippen molar-refractivity contribution in [1.82, 2.24) is 4.90 Å². The van der Waals surface area contributed by atoms with Gasteiger partial charge in [0.25, 0.3) is 0 Å². The topological polar surface area (TPSA) is 41.6 Å². The molecule has 0 bridgehead atoms. The van der Waals surface area contributed by atoms with Crippen molar-refractivity contribution in [3.8, 4) is 0 Å². The number of ether oxygens (including phenoxy) is 1. The molecule has 2 aliphatic rings. The third-order valence-corrected chi connectivity index (χ3v) is 3.96. The molecule has 0 unspecified atom stereocenters. The van der Waals surface area contributed by atoms with Crippen molar-refractivity contribution < 1.29 is 9.53 Å². The second kappa shape index (κ2) is 3.99. The van der Waals surface area contributed by atoms with Crippen LogP contribution in [0.3, 0.4) is 0 Å². The molecule has 1 aromatic rings. The number of rotatable bonds is 1. The number of amides is 2. The van der Waals surface area contributed by atoms with Crippen LogP contribution in [-0.4, -0.2) is 37.2 Å². The van der Waals surface area contributed by atoms with E-state index in [9.17, 15) is 4.79 Å². The summed E-state index contributed by atoms with van der Waals surface area (Å²) in [5.74, 6) is 0. The third-order valence-electron chi connectivity index (χ3n) is 3.27. The summed E-state index contributed by atoms with van der Waals surface area (Å²) in [7, 11) is 0. The van der Waals surface area contributed by atoms with Crippen molar-refractivity contribution in [1.29, 1.82) is 0 Å². The van der Waals surface area contributed by atoms with Crippen LogP contribution in [0.5, 0.6) is 0 Å². The van der Waals surface area contributed by atoms with E-state index in [1.54, 1.807) is 0 Å². The van der Waals surface area contributed by atoms with Gasteiger partial charge in [-0.15, -0.1) is 0 Å². The maximum Gasteiger partial charge on any atom is 0.321 e. The number of nitrogens with one attached hydrogen (secondary N) is 1. The van der Waals surface area contributed by atoms with Gasteiger partial charge in [-0.3, -0.25) is 0 Å². The number of carbonyl (C=O) groups excluding carboxylic acids is 1. The van der Waals surface area contributed by atoms with Crippen LogP contribution in [0.15, 0.2) is 28.7 Å². The van der Waals surface area contributed by atoms with Crippen molar-refractivity contribution in [2.75, 3.05) is 31.6 Å². The summed E-state index contributed by atoms with van der Waals surface area (Å²) in [6.07, 6.45) is 0. The Morgan fingerprint density at radius 1 is 1.35 bits per heavy atom. The van der Waals surface area contributed by atoms with Gasteiger partial charge >= 0.3 is 6.03 Å². The van der Waals surface area contributed by atoms with Crippen LogP contribution < -0.4 is 5.32 Å². The summed E-state index contributed by atoms with van der Waals surface area (Å²) in [6, 6.07) is 7.58. The minimum atomic E-state index is -0.0329. The highest BCUT2D eigenvalue weighted by atomic mass is 79.9. The van der Waals surface area contributed by atoms with Crippen LogP contribution in [0.4, 0.5) is 10.5 Å². The minimum absolute atomic E-state index is 0.0329. The van der Waals surface area contributed by atoms with Gasteiger partial charge in [-0.05, 0) is 28.1 Å². The van der Waals surface area contributed by atoms with Crippen molar-refractivity contribution >= 4 is 27.6 Å². The lowest BCUT2D eigenvalue weighted by Gasteiger charge is -2.54. The fourth-order valence-electron chi connectivity index (χ4n) is 2.24. The summed E-state index contributed by atoms with van der Waals surface area (Å²) < 4.78 is 6.08. The number of nitrogens with zero attached hydrogens (tertiary/aromatic N) is 1. The molecule has 4 nitrogen and oxygen atoms in total. The van der Waals surface area contributed by atoms with E-state index in [-0.39, 0.29) is 11.4 Å². The predicted molar refractivity (Wildman–Crippen MR) is 68.0 cm³/mol. The molecule has 90 valence electrons. The molecular weight excluding hydrogens is 284 g/mol. The molecule has 2 amide bonds. The molecule has 1 spiro atoms. The van der Waals surface area contributed by atoms with Crippen LogP contribution in [0, 0.1) is 5.41 Å². The highest BCUT2D eigenvalue weighted by Crippen LogP contribution is 2.37. The van der Waals surface area contributed by atoms with Gasteiger partial charge in [0, 0.05) is 17.6 Å². The van der Waals surface area contributed by atoms with Crippen molar-refractivity contribution in [2.45, 2.75) is 0 Å². The second-order valence-corrected chi connectivity index (χ2v) is 5.61. The lowest BCUT2D eigenvalue weighted by Crippen LogP contribution is -2.67. The van der Waals surface area contributed by atoms with Crippen molar-refractivity contribution in [3.05, 3.63) is 28.7 Å². The molecule has 0 radical (unpaired) electrons. The summed E-state index contributed by atoms with van der Waals surface area (Å²) in [5.41, 5.74) is 1.08. The number of halogens is 1. The Morgan fingerprint density at radius 2 is 2.06 bits per heavy atom. The van der Waals surface area contributed by atoms with Crippen molar-refractivity contribution in [3.63, 3.8) is 0 Å². The van der Waals surface area contributed by atoms with Crippen molar-refractivity contribution in [2.24, 2.45) is 5.41 Å². The average molecular weight is 297 g/mol. The van der Waals surface area contributed by atoms with E-state index in [1.165, 1.54) is 0 Å². The van der Waals surface area contributed by atoms with E-state index in [0.717, 1.165) is 36.5 Å². The highest BCUT2D eigenvalue weighted by molar-refractivity contribution is 9.10. The first-order valence-electron chi connectivity index (χ1n) is 5.57. The Morgan fingerprint density at radius 3 is 2.65 bits per heavy atom. The molecule has 0 atom stereocenters. The van der Waals surface area contributed by atoms with Crippen LogP contribution in [0.25, 0.3) is 0 Å². The summed E-state index contributed by atoms with van der Waals surface area (Å²) in [5, 5.41) is 2.90. The van der Waals surface area contributed by atoms with E-state index < -0.39 is 0 Å². The van der Waals surface area contributed by atoms with Gasteiger partial charge in [0.15, 0.2) is 0 Å². The van der Waals surface area contributed by atoms with Gasteiger partial charge in [0.2, 0.25) is 0 Å². The Kier molecular flexibility index (Phi) is 2.60. The van der Waals surface area contributed by atoms with E-state index >= 15 is 0 Å². The molecule has 1 aromatic carbocycles. The molecule has 0 aromatic heterocycles. The fourth-order valence-corrected chi connectivity index (χ4v) is 2.62. The molecule has 2 aliphatic heterocycles. The Balaban J connectivity index is 1.59. The number of likely N-dealkylation sites (tertiary alicyclic amines) is 1. The summed E-state index contributed by atoms with van der Waals surface area (Å²) in [6.45, 7) is 3.21. The van der Waals surface area contributed by atoms with E-state index in [0.29, 0.717) is 0 Å². The van der Waals surface area contributed by atoms with E-state index in [2.05, 4.69) is 21.2 Å². The molecule has 0 aliphatic carbocycles. The Labute approximate surface area is 108 Å². The third kappa shape index (κ3) is 1.93. The van der Waals surface area contributed by atoms with Crippen LogP contribution in [0.2, 0.25) is 0 Å². The average Bonchev–Trinajstić information content (AvgIpc) is 2.17. The number of benzene rings is 1. The lowest BCUT2D eigenvalue weighted by atomic mass is 9.78. The van der Waals surface area contributed by atoms with Gasteiger partial charge in [-0.25, -0.2) is 4.79 Å². The van der Waals surface area contributed by atoms with E-state index in [1.807, 2.05) is 29.2 Å². The predicted octanol–water partition coefficient (Wildman–Crippen LogP) is 2.31. The highest BCUT2D eigenvalue weighted by Gasteiger charge is 2.50. The Bertz CT molecular complexity index is 452. The van der Waals surface area contributed by atoms with Crippen LogP contribution >= 0.6 is 15.9 Å². The standard InChI is InChI=1S/C12H13BrN2O2/c13-9-3-1-2-4-10(9)14-11(16)15-5-12(6-15)7-17-8-12/h1-4H,5-8H2,(H,14,16). The number of carbonyl (C=O) groups is 1. The molecule has 3 rings (SSSR count). The summed E-state index contributed by atoms with van der Waals surface area (Å²) >= 11 is 3.41. The monoisotopic (exact) mass is 296 g/mol. The maximum atomic E-state index is 11.9. The number of anilines is 1. The van der Waals surface area contributed by atoms with Gasteiger partial charge in [-0.1, -0.05) is 12.1 Å². The first kappa shape index (κ1) is 11.0. The van der Waals surface area contributed by atoms with Crippen LogP contribution in [-0.2, 0) is 4.74 Å². The smallest absolute Gasteiger partial charge is 0.321 e. The number of para-hydroxylation sites is 1. The molecule has 5 heteroatoms. The molecule has 17 heavy (non-hydrogen) atoms. The quantitative estimate of drug-likeness (QED) is 0.864. The summed E-state index contributed by atoms with van der Waals surface area (Å²) in [4.78, 5) is 13.7. The largest absolute Gasteiger partial charge is 0.380 e. The molecule has 2 saturated heterocycles. The molecule has 2 fully saturated rings. The zero-order valence-corrected chi connectivity index (χ0v) is 10.9. The molecular formula is C12H13BrN2O2. The number of hydrogen-bond acceptors (Lipinski definition) is 2. The molecule has 1 N–H and O–H groups in total. The van der Waals surface area contributed by atoms with Gasteiger partial charge in [-0.2, -0.15) is 0 Å². The zero-order chi connectivity index (χ0) is 11.9. The van der Waals surface area contributed by atoms with Gasteiger partial charge < -0.3 is 15.0 Å². The van der Waals surface area contributed by atoms with Gasteiger partial charge in [0.1, 0.15) is 0 Å². The first-order valence-corrected chi connectivity index (χ1v) is 6.36. The fraction of sp³-hybridized carbons (Fsp3) is 0.417. The second-order valence-electron chi connectivity index (χ2n) is 4.76. The van der Waals surface area contributed by atoms with E-state index in [4.69, 9.17) is 4.74 Å². The number of hydrogen-bond donors (Lipinski definition) is 1. The number of urea groups is 1. The molecule has 2 heterocycles. The SMILES string of the molecule is O=C(Nc1ccccc1Br)N1CC2(COC2)C1. The minimum Gasteiger partial charge on any atom is -0.380 e.